The van der Waals surface area contributed by atoms with Gasteiger partial charge in [0.05, 0.1) is 7.11 Å². The van der Waals surface area contributed by atoms with E-state index >= 15 is 0 Å². The van der Waals surface area contributed by atoms with Gasteiger partial charge in [-0.15, -0.1) is 0 Å². The molecule has 3 heteroatoms. The van der Waals surface area contributed by atoms with E-state index < -0.39 is 0 Å². The predicted molar refractivity (Wildman–Crippen MR) is 67.2 cm³/mol. The van der Waals surface area contributed by atoms with Gasteiger partial charge in [-0.2, -0.15) is 0 Å². The van der Waals surface area contributed by atoms with Crippen molar-refractivity contribution >= 4 is 5.69 Å². The van der Waals surface area contributed by atoms with Crippen LogP contribution in [0.2, 0.25) is 0 Å². The molecule has 16 heavy (non-hydrogen) atoms. The van der Waals surface area contributed by atoms with Crippen LogP contribution in [0.25, 0.3) is 0 Å². The maximum absolute atomic E-state index is 5.25. The molecule has 1 saturated heterocycles. The number of ether oxygens (including phenoxy) is 1. The van der Waals surface area contributed by atoms with Gasteiger partial charge in [0.1, 0.15) is 5.75 Å². The van der Waals surface area contributed by atoms with Crippen LogP contribution >= 0.6 is 0 Å². The zero-order chi connectivity index (χ0) is 11.4. The SMILES string of the molecule is COc1ccc(NC2CCNCC2)cc1C. The third kappa shape index (κ3) is 2.67. The van der Waals surface area contributed by atoms with E-state index in [0.717, 1.165) is 18.8 Å². The second-order valence-corrected chi connectivity index (χ2v) is 4.35. The molecule has 0 saturated carbocycles. The van der Waals surface area contributed by atoms with Crippen molar-refractivity contribution in [2.75, 3.05) is 25.5 Å². The molecule has 0 unspecified atom stereocenters. The Hall–Kier alpha value is -1.22. The van der Waals surface area contributed by atoms with E-state index in [2.05, 4.69) is 29.7 Å². The zero-order valence-corrected chi connectivity index (χ0v) is 10.0. The van der Waals surface area contributed by atoms with E-state index in [9.17, 15) is 0 Å². The molecule has 0 amide bonds. The molecular weight excluding hydrogens is 200 g/mol. The minimum absolute atomic E-state index is 0.606. The predicted octanol–water partition coefficient (Wildman–Crippen LogP) is 2.17. The molecule has 0 aliphatic carbocycles. The Bertz CT molecular complexity index is 346. The van der Waals surface area contributed by atoms with Crippen LogP contribution in [0.4, 0.5) is 5.69 Å². The lowest BCUT2D eigenvalue weighted by Gasteiger charge is -2.25. The van der Waals surface area contributed by atoms with Crippen molar-refractivity contribution in [1.82, 2.24) is 5.32 Å². The summed E-state index contributed by atoms with van der Waals surface area (Å²) in [4.78, 5) is 0. The highest BCUT2D eigenvalue weighted by Crippen LogP contribution is 2.22. The second kappa shape index (κ2) is 5.21. The Balaban J connectivity index is 2.01. The monoisotopic (exact) mass is 220 g/mol. The van der Waals surface area contributed by atoms with Crippen LogP contribution in [-0.4, -0.2) is 26.2 Å². The average molecular weight is 220 g/mol. The fourth-order valence-electron chi connectivity index (χ4n) is 2.17. The van der Waals surface area contributed by atoms with E-state index in [1.807, 2.05) is 6.07 Å². The molecule has 0 radical (unpaired) electrons. The second-order valence-electron chi connectivity index (χ2n) is 4.35. The summed E-state index contributed by atoms with van der Waals surface area (Å²) in [5.41, 5.74) is 2.38. The van der Waals surface area contributed by atoms with Gasteiger partial charge in [-0.25, -0.2) is 0 Å². The normalized spacial score (nSPS) is 17.1. The first-order valence-corrected chi connectivity index (χ1v) is 5.91. The Morgan fingerprint density at radius 2 is 2.06 bits per heavy atom. The number of nitrogens with one attached hydrogen (secondary N) is 2. The fourth-order valence-corrected chi connectivity index (χ4v) is 2.17. The molecule has 0 bridgehead atoms. The Morgan fingerprint density at radius 1 is 1.31 bits per heavy atom. The maximum atomic E-state index is 5.25. The fraction of sp³-hybridized carbons (Fsp3) is 0.538. The van der Waals surface area contributed by atoms with Gasteiger partial charge in [0.2, 0.25) is 0 Å². The van der Waals surface area contributed by atoms with Crippen LogP contribution in [0.3, 0.4) is 0 Å². The van der Waals surface area contributed by atoms with E-state index in [4.69, 9.17) is 4.74 Å². The third-order valence-electron chi connectivity index (χ3n) is 3.10. The van der Waals surface area contributed by atoms with Crippen LogP contribution in [0, 0.1) is 6.92 Å². The average Bonchev–Trinajstić information content (AvgIpc) is 2.31. The molecule has 2 rings (SSSR count). The van der Waals surface area contributed by atoms with Crippen molar-refractivity contribution in [3.05, 3.63) is 23.8 Å². The number of hydrogen-bond acceptors (Lipinski definition) is 3. The number of methoxy groups -OCH3 is 1. The zero-order valence-electron chi connectivity index (χ0n) is 10.0. The quantitative estimate of drug-likeness (QED) is 0.819. The van der Waals surface area contributed by atoms with E-state index in [1.165, 1.54) is 24.1 Å². The third-order valence-corrected chi connectivity index (χ3v) is 3.10. The number of piperidine rings is 1. The molecule has 1 aromatic rings. The van der Waals surface area contributed by atoms with Gasteiger partial charge in [0.15, 0.2) is 0 Å². The van der Waals surface area contributed by atoms with Crippen LogP contribution in [0.1, 0.15) is 18.4 Å². The van der Waals surface area contributed by atoms with Gasteiger partial charge in [-0.05, 0) is 56.6 Å². The molecule has 1 fully saturated rings. The molecule has 1 aliphatic rings. The summed E-state index contributed by atoms with van der Waals surface area (Å²) in [6.07, 6.45) is 2.40. The van der Waals surface area contributed by atoms with Crippen LogP contribution in [0.15, 0.2) is 18.2 Å². The maximum Gasteiger partial charge on any atom is 0.121 e. The van der Waals surface area contributed by atoms with Crippen LogP contribution in [0.5, 0.6) is 5.75 Å². The number of anilines is 1. The van der Waals surface area contributed by atoms with Gasteiger partial charge in [0, 0.05) is 11.7 Å². The largest absolute Gasteiger partial charge is 0.496 e. The van der Waals surface area contributed by atoms with Crippen molar-refractivity contribution in [3.63, 3.8) is 0 Å². The smallest absolute Gasteiger partial charge is 0.121 e. The first-order chi connectivity index (χ1) is 7.79. The van der Waals surface area contributed by atoms with Crippen molar-refractivity contribution in [2.24, 2.45) is 0 Å². The summed E-state index contributed by atoms with van der Waals surface area (Å²) in [5, 5.41) is 6.95. The standard InChI is InChI=1S/C13H20N2O/c1-10-9-12(3-4-13(10)16-2)15-11-5-7-14-8-6-11/h3-4,9,11,14-15H,5-8H2,1-2H3. The van der Waals surface area contributed by atoms with Crippen molar-refractivity contribution < 1.29 is 4.74 Å². The number of rotatable bonds is 3. The number of aryl methyl sites for hydroxylation is 1. The molecule has 3 nitrogen and oxygen atoms in total. The van der Waals surface area contributed by atoms with Crippen molar-refractivity contribution in [1.29, 1.82) is 0 Å². The van der Waals surface area contributed by atoms with Crippen LogP contribution in [-0.2, 0) is 0 Å². The van der Waals surface area contributed by atoms with Crippen molar-refractivity contribution in [2.45, 2.75) is 25.8 Å². The molecular formula is C13H20N2O. The minimum atomic E-state index is 0.606. The highest BCUT2D eigenvalue weighted by molar-refractivity contribution is 5.51. The first-order valence-electron chi connectivity index (χ1n) is 5.91. The number of hydrogen-bond donors (Lipinski definition) is 2. The molecule has 1 aromatic carbocycles. The van der Waals surface area contributed by atoms with E-state index in [-0.39, 0.29) is 0 Å². The molecule has 0 spiro atoms. The van der Waals surface area contributed by atoms with Crippen molar-refractivity contribution in [3.8, 4) is 5.75 Å². The molecule has 1 aliphatic heterocycles. The molecule has 0 aromatic heterocycles. The first kappa shape index (κ1) is 11.3. The summed E-state index contributed by atoms with van der Waals surface area (Å²) in [5.74, 6) is 0.955. The summed E-state index contributed by atoms with van der Waals surface area (Å²) >= 11 is 0. The van der Waals surface area contributed by atoms with Gasteiger partial charge < -0.3 is 15.4 Å². The van der Waals surface area contributed by atoms with E-state index in [0.29, 0.717) is 6.04 Å². The minimum Gasteiger partial charge on any atom is -0.496 e. The summed E-state index contributed by atoms with van der Waals surface area (Å²) in [7, 11) is 1.71. The van der Waals surface area contributed by atoms with Gasteiger partial charge in [0.25, 0.3) is 0 Å². The van der Waals surface area contributed by atoms with Gasteiger partial charge in [-0.1, -0.05) is 0 Å². The Labute approximate surface area is 97.2 Å². The highest BCUT2D eigenvalue weighted by atomic mass is 16.5. The lowest BCUT2D eigenvalue weighted by molar-refractivity contribution is 0.411. The summed E-state index contributed by atoms with van der Waals surface area (Å²) in [6, 6.07) is 6.88. The van der Waals surface area contributed by atoms with Gasteiger partial charge in [-0.3, -0.25) is 0 Å². The lowest BCUT2D eigenvalue weighted by atomic mass is 10.1. The Kier molecular flexibility index (Phi) is 3.67. The number of benzene rings is 1. The molecule has 0 atom stereocenters. The molecule has 2 N–H and O–H groups in total. The van der Waals surface area contributed by atoms with E-state index in [1.54, 1.807) is 7.11 Å². The topological polar surface area (TPSA) is 33.3 Å². The summed E-state index contributed by atoms with van der Waals surface area (Å²) in [6.45, 7) is 4.31. The van der Waals surface area contributed by atoms with Gasteiger partial charge >= 0.3 is 0 Å². The van der Waals surface area contributed by atoms with Crippen LogP contribution < -0.4 is 15.4 Å². The molecule has 1 heterocycles. The summed E-state index contributed by atoms with van der Waals surface area (Å²) < 4.78 is 5.25. The molecule has 88 valence electrons. The highest BCUT2D eigenvalue weighted by Gasteiger charge is 2.12. The lowest BCUT2D eigenvalue weighted by Crippen LogP contribution is -2.35. The Morgan fingerprint density at radius 3 is 2.69 bits per heavy atom.